The van der Waals surface area contributed by atoms with Crippen molar-refractivity contribution in [2.75, 3.05) is 0 Å². The molecular weight excluding hydrogens is 207 g/mol. The van der Waals surface area contributed by atoms with Crippen LogP contribution in [0, 0.1) is 0 Å². The molecule has 0 amide bonds. The number of hydrogen-bond donors (Lipinski definition) is 0. The first-order valence-electron chi connectivity index (χ1n) is 4.27. The van der Waals surface area contributed by atoms with Gasteiger partial charge < -0.3 is 4.74 Å². The Morgan fingerprint density at radius 1 is 1.38 bits per heavy atom. The van der Waals surface area contributed by atoms with Crippen LogP contribution in [-0.2, 0) is 11.2 Å². The highest BCUT2D eigenvalue weighted by atomic mass is 35.5. The number of halogens is 2. The lowest BCUT2D eigenvalue weighted by atomic mass is 10.1. The van der Waals surface area contributed by atoms with Crippen LogP contribution < -0.4 is 0 Å². The Morgan fingerprint density at radius 3 is 2.69 bits per heavy atom. The SMILES string of the molecule is CC1OC1Cc1cccc(Cl)c1Cl. The van der Waals surface area contributed by atoms with Crippen molar-refractivity contribution >= 4 is 23.2 Å². The molecule has 0 saturated carbocycles. The van der Waals surface area contributed by atoms with Crippen LogP contribution >= 0.6 is 23.2 Å². The summed E-state index contributed by atoms with van der Waals surface area (Å²) in [4.78, 5) is 0. The lowest BCUT2D eigenvalue weighted by Gasteiger charge is -2.02. The number of benzene rings is 1. The van der Waals surface area contributed by atoms with Gasteiger partial charge in [0, 0.05) is 6.42 Å². The third kappa shape index (κ3) is 1.98. The van der Waals surface area contributed by atoms with Gasteiger partial charge in [-0.3, -0.25) is 0 Å². The molecule has 1 fully saturated rings. The molecule has 1 aliphatic rings. The number of epoxide rings is 1. The smallest absolute Gasteiger partial charge is 0.0879 e. The second-order valence-corrected chi connectivity index (χ2v) is 4.08. The molecule has 0 bridgehead atoms. The van der Waals surface area contributed by atoms with Crippen LogP contribution in [0.2, 0.25) is 10.0 Å². The van der Waals surface area contributed by atoms with E-state index in [0.29, 0.717) is 22.3 Å². The van der Waals surface area contributed by atoms with E-state index in [0.717, 1.165) is 12.0 Å². The lowest BCUT2D eigenvalue weighted by molar-refractivity contribution is 0.378. The van der Waals surface area contributed by atoms with Gasteiger partial charge in [0.1, 0.15) is 0 Å². The molecule has 0 N–H and O–H groups in total. The average Bonchev–Trinajstić information content (AvgIpc) is 2.77. The van der Waals surface area contributed by atoms with Gasteiger partial charge in [0.25, 0.3) is 0 Å². The fraction of sp³-hybridized carbons (Fsp3) is 0.400. The van der Waals surface area contributed by atoms with E-state index in [4.69, 9.17) is 27.9 Å². The molecule has 0 radical (unpaired) electrons. The Hall–Kier alpha value is -0.240. The van der Waals surface area contributed by atoms with Crippen molar-refractivity contribution in [2.24, 2.45) is 0 Å². The zero-order valence-electron chi connectivity index (χ0n) is 7.26. The normalized spacial score (nSPS) is 26.1. The number of rotatable bonds is 2. The zero-order chi connectivity index (χ0) is 9.42. The lowest BCUT2D eigenvalue weighted by Crippen LogP contribution is -1.96. The topological polar surface area (TPSA) is 12.5 Å². The Labute approximate surface area is 87.6 Å². The molecule has 1 heterocycles. The van der Waals surface area contributed by atoms with Crippen LogP contribution in [0.15, 0.2) is 18.2 Å². The van der Waals surface area contributed by atoms with Gasteiger partial charge in [0.05, 0.1) is 22.3 Å². The van der Waals surface area contributed by atoms with Crippen LogP contribution in [0.1, 0.15) is 12.5 Å². The summed E-state index contributed by atoms with van der Waals surface area (Å²) in [6.07, 6.45) is 1.56. The predicted molar refractivity (Wildman–Crippen MR) is 54.5 cm³/mol. The maximum absolute atomic E-state index is 6.03. The molecule has 3 heteroatoms. The zero-order valence-corrected chi connectivity index (χ0v) is 8.77. The molecule has 0 aliphatic carbocycles. The van der Waals surface area contributed by atoms with Crippen molar-refractivity contribution in [1.82, 2.24) is 0 Å². The van der Waals surface area contributed by atoms with E-state index in [1.54, 1.807) is 6.07 Å². The summed E-state index contributed by atoms with van der Waals surface area (Å²) in [6.45, 7) is 2.06. The number of hydrogen-bond acceptors (Lipinski definition) is 1. The minimum atomic E-state index is 0.330. The molecule has 1 aromatic carbocycles. The molecule has 2 rings (SSSR count). The third-order valence-corrected chi connectivity index (χ3v) is 3.15. The Kier molecular flexibility index (Phi) is 2.50. The van der Waals surface area contributed by atoms with E-state index in [1.165, 1.54) is 0 Å². The first kappa shape index (κ1) is 9.32. The second-order valence-electron chi connectivity index (χ2n) is 3.30. The molecule has 2 unspecified atom stereocenters. The molecule has 2 atom stereocenters. The second kappa shape index (κ2) is 3.49. The van der Waals surface area contributed by atoms with Crippen LogP contribution in [0.25, 0.3) is 0 Å². The van der Waals surface area contributed by atoms with Gasteiger partial charge >= 0.3 is 0 Å². The fourth-order valence-corrected chi connectivity index (χ4v) is 1.76. The van der Waals surface area contributed by atoms with E-state index in [1.807, 2.05) is 12.1 Å². The summed E-state index contributed by atoms with van der Waals surface area (Å²) >= 11 is 11.9. The van der Waals surface area contributed by atoms with Gasteiger partial charge in [-0.1, -0.05) is 35.3 Å². The van der Waals surface area contributed by atoms with Crippen LogP contribution in [0.3, 0.4) is 0 Å². The quantitative estimate of drug-likeness (QED) is 0.692. The van der Waals surface area contributed by atoms with Gasteiger partial charge in [0.15, 0.2) is 0 Å². The van der Waals surface area contributed by atoms with Crippen molar-refractivity contribution in [3.63, 3.8) is 0 Å². The minimum Gasteiger partial charge on any atom is -0.370 e. The summed E-state index contributed by atoms with van der Waals surface area (Å²) in [6, 6.07) is 5.70. The van der Waals surface area contributed by atoms with Crippen molar-refractivity contribution in [1.29, 1.82) is 0 Å². The highest BCUT2D eigenvalue weighted by Crippen LogP contribution is 2.31. The molecular formula is C10H10Cl2O. The van der Waals surface area contributed by atoms with Crippen molar-refractivity contribution < 1.29 is 4.74 Å². The average molecular weight is 217 g/mol. The maximum Gasteiger partial charge on any atom is 0.0879 e. The van der Waals surface area contributed by atoms with Gasteiger partial charge in [-0.25, -0.2) is 0 Å². The maximum atomic E-state index is 6.03. The van der Waals surface area contributed by atoms with Gasteiger partial charge in [-0.2, -0.15) is 0 Å². The highest BCUT2D eigenvalue weighted by Gasteiger charge is 2.34. The minimum absolute atomic E-state index is 0.330. The number of ether oxygens (including phenoxy) is 1. The highest BCUT2D eigenvalue weighted by molar-refractivity contribution is 6.42. The van der Waals surface area contributed by atoms with Gasteiger partial charge in [-0.15, -0.1) is 0 Å². The van der Waals surface area contributed by atoms with Crippen molar-refractivity contribution in [2.45, 2.75) is 25.6 Å². The largest absolute Gasteiger partial charge is 0.370 e. The molecule has 0 spiro atoms. The summed E-state index contributed by atoms with van der Waals surface area (Å²) in [5.41, 5.74) is 1.07. The van der Waals surface area contributed by atoms with Crippen LogP contribution in [0.4, 0.5) is 0 Å². The molecule has 1 nitrogen and oxygen atoms in total. The summed E-state index contributed by atoms with van der Waals surface area (Å²) in [5.74, 6) is 0. The Balaban J connectivity index is 2.15. The van der Waals surface area contributed by atoms with E-state index in [9.17, 15) is 0 Å². The van der Waals surface area contributed by atoms with Crippen LogP contribution in [0.5, 0.6) is 0 Å². The van der Waals surface area contributed by atoms with Crippen molar-refractivity contribution in [3.05, 3.63) is 33.8 Å². The molecule has 0 aromatic heterocycles. The predicted octanol–water partition coefficient (Wildman–Crippen LogP) is 3.32. The van der Waals surface area contributed by atoms with E-state index < -0.39 is 0 Å². The molecule has 13 heavy (non-hydrogen) atoms. The molecule has 1 saturated heterocycles. The monoisotopic (exact) mass is 216 g/mol. The third-order valence-electron chi connectivity index (χ3n) is 2.29. The molecule has 70 valence electrons. The van der Waals surface area contributed by atoms with Gasteiger partial charge in [0.2, 0.25) is 0 Å². The summed E-state index contributed by atoms with van der Waals surface area (Å²) in [7, 11) is 0. The van der Waals surface area contributed by atoms with E-state index in [2.05, 4.69) is 6.92 Å². The summed E-state index contributed by atoms with van der Waals surface area (Å²) < 4.78 is 5.31. The summed E-state index contributed by atoms with van der Waals surface area (Å²) in [5, 5.41) is 1.28. The van der Waals surface area contributed by atoms with Crippen LogP contribution in [-0.4, -0.2) is 12.2 Å². The Morgan fingerprint density at radius 2 is 2.08 bits per heavy atom. The standard InChI is InChI=1S/C10H10Cl2O/c1-6-9(13-6)5-7-3-2-4-8(11)10(7)12/h2-4,6,9H,5H2,1H3. The first-order valence-corrected chi connectivity index (χ1v) is 5.02. The van der Waals surface area contributed by atoms with E-state index >= 15 is 0 Å². The van der Waals surface area contributed by atoms with Gasteiger partial charge in [-0.05, 0) is 18.6 Å². The van der Waals surface area contributed by atoms with E-state index in [-0.39, 0.29) is 0 Å². The molecule has 1 aromatic rings. The fourth-order valence-electron chi connectivity index (χ4n) is 1.37. The Bertz CT molecular complexity index is 325. The first-order chi connectivity index (χ1) is 6.18. The van der Waals surface area contributed by atoms with Crippen molar-refractivity contribution in [3.8, 4) is 0 Å². The molecule has 1 aliphatic heterocycles.